The molecule has 0 saturated heterocycles. The fourth-order valence-corrected chi connectivity index (χ4v) is 2.32. The maximum absolute atomic E-state index is 12.0. The van der Waals surface area contributed by atoms with Crippen molar-refractivity contribution >= 4 is 35.8 Å². The third-order valence-corrected chi connectivity index (χ3v) is 3.79. The van der Waals surface area contributed by atoms with Crippen LogP contribution in [0.3, 0.4) is 0 Å². The maximum Gasteiger partial charge on any atom is 0.228 e. The maximum atomic E-state index is 12.0. The van der Waals surface area contributed by atoms with Gasteiger partial charge in [0.25, 0.3) is 0 Å². The molecule has 0 aliphatic carbocycles. The summed E-state index contributed by atoms with van der Waals surface area (Å²) in [6.45, 7) is 7.96. The zero-order valence-corrected chi connectivity index (χ0v) is 13.5. The average Bonchev–Trinajstić information content (AvgIpc) is 2.29. The molecule has 1 amide bonds. The summed E-state index contributed by atoms with van der Waals surface area (Å²) in [4.78, 5) is 13.1. The lowest BCUT2D eigenvalue weighted by Crippen LogP contribution is -2.34. The second-order valence-electron chi connectivity index (χ2n) is 4.80. The molecule has 0 bridgehead atoms. The van der Waals surface area contributed by atoms with E-state index >= 15 is 0 Å². The Hall–Kier alpha value is -0.710. The molecule has 0 radical (unpaired) electrons. The number of rotatable bonds is 5. The number of hydrogen-bond acceptors (Lipinski definition) is 3. The van der Waals surface area contributed by atoms with Gasteiger partial charge < -0.3 is 11.1 Å². The van der Waals surface area contributed by atoms with Crippen LogP contribution < -0.4 is 11.1 Å². The van der Waals surface area contributed by atoms with Crippen LogP contribution in [0.1, 0.15) is 27.7 Å². The number of anilines is 1. The van der Waals surface area contributed by atoms with E-state index in [1.165, 1.54) is 0 Å². The SMILES string of the molecule is CC(C)Sc1ccccc1NC(=O)C(C)C(C)N.Cl. The van der Waals surface area contributed by atoms with Crippen molar-refractivity contribution in [2.45, 2.75) is 43.9 Å². The van der Waals surface area contributed by atoms with Crippen molar-refractivity contribution in [3.05, 3.63) is 24.3 Å². The van der Waals surface area contributed by atoms with E-state index < -0.39 is 0 Å². The third kappa shape index (κ3) is 5.85. The van der Waals surface area contributed by atoms with Crippen LogP contribution in [0.2, 0.25) is 0 Å². The highest BCUT2D eigenvalue weighted by Gasteiger charge is 2.18. The van der Waals surface area contributed by atoms with Crippen molar-refractivity contribution in [1.29, 1.82) is 0 Å². The third-order valence-electron chi connectivity index (χ3n) is 2.71. The number of nitrogens with two attached hydrogens (primary N) is 1. The fourth-order valence-electron chi connectivity index (χ4n) is 1.41. The molecular weight excluding hydrogens is 280 g/mol. The van der Waals surface area contributed by atoms with Crippen molar-refractivity contribution in [3.8, 4) is 0 Å². The normalized spacial score (nSPS) is 13.6. The summed E-state index contributed by atoms with van der Waals surface area (Å²) >= 11 is 1.74. The number of benzene rings is 1. The van der Waals surface area contributed by atoms with Gasteiger partial charge in [0.15, 0.2) is 0 Å². The first kappa shape index (κ1) is 18.3. The number of amides is 1. The summed E-state index contributed by atoms with van der Waals surface area (Å²) in [7, 11) is 0. The molecule has 2 unspecified atom stereocenters. The lowest BCUT2D eigenvalue weighted by molar-refractivity contribution is -0.119. The van der Waals surface area contributed by atoms with Crippen LogP contribution in [0, 0.1) is 5.92 Å². The molecule has 1 aromatic rings. The van der Waals surface area contributed by atoms with E-state index in [-0.39, 0.29) is 30.3 Å². The summed E-state index contributed by atoms with van der Waals surface area (Å²) < 4.78 is 0. The molecule has 0 heterocycles. The Labute approximate surface area is 126 Å². The zero-order valence-electron chi connectivity index (χ0n) is 11.8. The lowest BCUT2D eigenvalue weighted by atomic mass is 10.0. The van der Waals surface area contributed by atoms with E-state index in [1.54, 1.807) is 11.8 Å². The number of thioether (sulfide) groups is 1. The van der Waals surface area contributed by atoms with Crippen LogP contribution >= 0.6 is 24.2 Å². The van der Waals surface area contributed by atoms with Crippen molar-refractivity contribution in [1.82, 2.24) is 0 Å². The molecule has 0 saturated carbocycles. The van der Waals surface area contributed by atoms with E-state index in [0.717, 1.165) is 10.6 Å². The Morgan fingerprint density at radius 2 is 1.79 bits per heavy atom. The standard InChI is InChI=1S/C14H22N2OS.ClH/c1-9(2)18-13-8-6-5-7-12(13)16-14(17)10(3)11(4)15;/h5-11H,15H2,1-4H3,(H,16,17);1H. The van der Waals surface area contributed by atoms with E-state index in [1.807, 2.05) is 38.1 Å². The van der Waals surface area contributed by atoms with E-state index in [0.29, 0.717) is 5.25 Å². The van der Waals surface area contributed by atoms with Gasteiger partial charge in [-0.1, -0.05) is 32.9 Å². The topological polar surface area (TPSA) is 55.1 Å². The lowest BCUT2D eigenvalue weighted by Gasteiger charge is -2.17. The summed E-state index contributed by atoms with van der Waals surface area (Å²) in [6.07, 6.45) is 0. The Morgan fingerprint density at radius 3 is 2.32 bits per heavy atom. The minimum atomic E-state index is -0.192. The van der Waals surface area contributed by atoms with Crippen molar-refractivity contribution in [2.75, 3.05) is 5.32 Å². The molecule has 2 atom stereocenters. The van der Waals surface area contributed by atoms with Gasteiger partial charge >= 0.3 is 0 Å². The van der Waals surface area contributed by atoms with Gasteiger partial charge in [-0.3, -0.25) is 4.79 Å². The van der Waals surface area contributed by atoms with E-state index in [4.69, 9.17) is 5.73 Å². The van der Waals surface area contributed by atoms with E-state index in [2.05, 4.69) is 19.2 Å². The van der Waals surface area contributed by atoms with Gasteiger partial charge in [0.2, 0.25) is 5.91 Å². The largest absolute Gasteiger partial charge is 0.327 e. The van der Waals surface area contributed by atoms with Gasteiger partial charge in [-0.05, 0) is 19.1 Å². The summed E-state index contributed by atoms with van der Waals surface area (Å²) in [5.74, 6) is -0.219. The second-order valence-corrected chi connectivity index (χ2v) is 6.42. The number of halogens is 1. The first-order valence-electron chi connectivity index (χ1n) is 6.24. The molecule has 0 fully saturated rings. The predicted molar refractivity (Wildman–Crippen MR) is 86.1 cm³/mol. The first-order chi connectivity index (χ1) is 8.41. The Kier molecular flexibility index (Phi) is 8.14. The second kappa shape index (κ2) is 8.46. The van der Waals surface area contributed by atoms with Crippen LogP contribution in [0.15, 0.2) is 29.2 Å². The highest BCUT2D eigenvalue weighted by atomic mass is 35.5. The van der Waals surface area contributed by atoms with Crippen LogP contribution in [0.25, 0.3) is 0 Å². The fraction of sp³-hybridized carbons (Fsp3) is 0.500. The summed E-state index contributed by atoms with van der Waals surface area (Å²) in [5.41, 5.74) is 6.61. The zero-order chi connectivity index (χ0) is 13.7. The number of carbonyl (C=O) groups is 1. The molecule has 3 N–H and O–H groups in total. The Morgan fingerprint density at radius 1 is 1.21 bits per heavy atom. The predicted octanol–water partition coefficient (Wildman–Crippen LogP) is 3.53. The van der Waals surface area contributed by atoms with Gasteiger partial charge in [0, 0.05) is 16.2 Å². The molecule has 19 heavy (non-hydrogen) atoms. The molecular formula is C14H23ClN2OS. The molecule has 0 aliphatic rings. The van der Waals surface area contributed by atoms with Crippen LogP contribution in [-0.2, 0) is 4.79 Å². The molecule has 1 aromatic carbocycles. The highest BCUT2D eigenvalue weighted by Crippen LogP contribution is 2.30. The minimum absolute atomic E-state index is 0. The Balaban J connectivity index is 0.00000324. The van der Waals surface area contributed by atoms with Gasteiger partial charge in [-0.2, -0.15) is 0 Å². The average molecular weight is 303 g/mol. The molecule has 1 rings (SSSR count). The number of hydrogen-bond donors (Lipinski definition) is 2. The minimum Gasteiger partial charge on any atom is -0.327 e. The van der Waals surface area contributed by atoms with Crippen molar-refractivity contribution in [3.63, 3.8) is 0 Å². The molecule has 0 spiro atoms. The van der Waals surface area contributed by atoms with E-state index in [9.17, 15) is 4.79 Å². The van der Waals surface area contributed by atoms with Crippen molar-refractivity contribution < 1.29 is 4.79 Å². The molecule has 108 valence electrons. The molecule has 0 aliphatic heterocycles. The van der Waals surface area contributed by atoms with Gasteiger partial charge in [0.1, 0.15) is 0 Å². The summed E-state index contributed by atoms with van der Waals surface area (Å²) in [5, 5.41) is 3.44. The number of nitrogens with one attached hydrogen (secondary N) is 1. The van der Waals surface area contributed by atoms with Crippen LogP contribution in [-0.4, -0.2) is 17.2 Å². The van der Waals surface area contributed by atoms with Gasteiger partial charge in [-0.15, -0.1) is 24.2 Å². The number of para-hydroxylation sites is 1. The van der Waals surface area contributed by atoms with Crippen LogP contribution in [0.5, 0.6) is 0 Å². The monoisotopic (exact) mass is 302 g/mol. The van der Waals surface area contributed by atoms with Crippen LogP contribution in [0.4, 0.5) is 5.69 Å². The summed E-state index contributed by atoms with van der Waals surface area (Å²) in [6, 6.07) is 7.72. The molecule has 0 aromatic heterocycles. The first-order valence-corrected chi connectivity index (χ1v) is 7.12. The smallest absolute Gasteiger partial charge is 0.228 e. The highest BCUT2D eigenvalue weighted by molar-refractivity contribution is 8.00. The Bertz CT molecular complexity index is 410. The molecule has 3 nitrogen and oxygen atoms in total. The number of carbonyl (C=O) groups excluding carboxylic acids is 1. The van der Waals surface area contributed by atoms with Crippen molar-refractivity contribution in [2.24, 2.45) is 11.7 Å². The quantitative estimate of drug-likeness (QED) is 0.818. The van der Waals surface area contributed by atoms with Gasteiger partial charge in [-0.25, -0.2) is 0 Å². The van der Waals surface area contributed by atoms with Gasteiger partial charge in [0.05, 0.1) is 11.6 Å². The molecule has 5 heteroatoms.